The third kappa shape index (κ3) is 6.49. The highest BCUT2D eigenvalue weighted by molar-refractivity contribution is 6.30. The summed E-state index contributed by atoms with van der Waals surface area (Å²) < 4.78 is 59.8. The van der Waals surface area contributed by atoms with Crippen molar-refractivity contribution >= 4 is 17.5 Å². The van der Waals surface area contributed by atoms with E-state index in [1.807, 2.05) is 0 Å². The average molecular weight is 491 g/mol. The van der Waals surface area contributed by atoms with E-state index in [1.54, 1.807) is 0 Å². The van der Waals surface area contributed by atoms with Crippen LogP contribution in [0.5, 0.6) is 11.8 Å². The van der Waals surface area contributed by atoms with E-state index in [1.165, 1.54) is 12.1 Å². The Bertz CT molecular complexity index is 971. The van der Waals surface area contributed by atoms with E-state index in [0.29, 0.717) is 25.3 Å². The van der Waals surface area contributed by atoms with Gasteiger partial charge < -0.3 is 29.3 Å². The lowest BCUT2D eigenvalue weighted by atomic mass is 10.0. The summed E-state index contributed by atoms with van der Waals surface area (Å²) >= 11 is 5.61. The minimum atomic E-state index is -2.73. The van der Waals surface area contributed by atoms with E-state index in [-0.39, 0.29) is 61.1 Å². The summed E-state index contributed by atoms with van der Waals surface area (Å²) in [6.45, 7) is 0.226. The number of hydrogen-bond acceptors (Lipinski definition) is 8. The van der Waals surface area contributed by atoms with Crippen LogP contribution in [-0.2, 0) is 9.53 Å². The number of halogens is 4. The zero-order chi connectivity index (χ0) is 23.4. The molecule has 33 heavy (non-hydrogen) atoms. The van der Waals surface area contributed by atoms with Gasteiger partial charge in [-0.2, -0.15) is 0 Å². The molecule has 0 bridgehead atoms. The Morgan fingerprint density at radius 2 is 2.09 bits per heavy atom. The van der Waals surface area contributed by atoms with Crippen LogP contribution in [-0.4, -0.2) is 60.5 Å². The highest BCUT2D eigenvalue weighted by Gasteiger charge is 2.58. The highest BCUT2D eigenvalue weighted by atomic mass is 35.5. The van der Waals surface area contributed by atoms with E-state index >= 15 is 0 Å². The quantitative estimate of drug-likeness (QED) is 0.489. The molecule has 1 aliphatic heterocycles. The van der Waals surface area contributed by atoms with Gasteiger partial charge in [-0.05, 0) is 25.0 Å². The number of hydrogen-bond donors (Lipinski definition) is 2. The molecular formula is C20H22ClF3N4O5. The number of benzene rings is 1. The molecule has 1 saturated heterocycles. The second-order valence-corrected chi connectivity index (χ2v) is 8.15. The summed E-state index contributed by atoms with van der Waals surface area (Å²) in [5.74, 6) is -3.15. The maximum atomic E-state index is 13.4. The number of nitrogens with one attached hydrogen (secondary N) is 2. The molecule has 0 radical (unpaired) electrons. The maximum absolute atomic E-state index is 13.4. The van der Waals surface area contributed by atoms with E-state index in [4.69, 9.17) is 30.2 Å². The van der Waals surface area contributed by atoms with Crippen molar-refractivity contribution in [1.82, 2.24) is 20.8 Å². The van der Waals surface area contributed by atoms with Crippen LogP contribution >= 0.6 is 11.6 Å². The molecule has 180 valence electrons. The standard InChI is InChI=1S/C20H22ClF3N4O5/c21-13-3-2-12(7-14(13)22)32-10-17(29)26-11-1-4-15(25-9-11)18-27-28-19(33-18)31-6-5-30-16-8-20(16,23)24/h2-3,7,11,15-16,25H,1,4-6,8-10H2,(H,26,29)/t11-,15+,16-/m0/s1. The van der Waals surface area contributed by atoms with Gasteiger partial charge >= 0.3 is 6.08 Å². The number of nitrogens with zero attached hydrogens (tertiary/aromatic N) is 2. The number of amides is 1. The van der Waals surface area contributed by atoms with Gasteiger partial charge in [0.05, 0.1) is 17.7 Å². The van der Waals surface area contributed by atoms with Crippen molar-refractivity contribution in [1.29, 1.82) is 0 Å². The number of ether oxygens (including phenoxy) is 3. The van der Waals surface area contributed by atoms with Gasteiger partial charge in [-0.3, -0.25) is 4.79 Å². The fourth-order valence-corrected chi connectivity index (χ4v) is 3.40. The van der Waals surface area contributed by atoms with E-state index in [0.717, 1.165) is 6.07 Å². The van der Waals surface area contributed by atoms with E-state index in [2.05, 4.69) is 20.8 Å². The Balaban J connectivity index is 1.13. The van der Waals surface area contributed by atoms with Crippen LogP contribution in [0.1, 0.15) is 31.2 Å². The van der Waals surface area contributed by atoms with Gasteiger partial charge in [0.15, 0.2) is 6.61 Å². The molecule has 1 amide bonds. The highest BCUT2D eigenvalue weighted by Crippen LogP contribution is 2.44. The Kier molecular flexibility index (Phi) is 7.25. The van der Waals surface area contributed by atoms with Gasteiger partial charge in [0.1, 0.15) is 24.3 Å². The minimum absolute atomic E-state index is 0.00228. The molecule has 2 N–H and O–H groups in total. The van der Waals surface area contributed by atoms with Crippen molar-refractivity contribution in [3.63, 3.8) is 0 Å². The number of carbonyl (C=O) groups is 1. The smallest absolute Gasteiger partial charge is 0.414 e. The third-order valence-electron chi connectivity index (χ3n) is 5.16. The van der Waals surface area contributed by atoms with Crippen molar-refractivity contribution in [2.75, 3.05) is 26.4 Å². The fraction of sp³-hybridized carbons (Fsp3) is 0.550. The van der Waals surface area contributed by atoms with Gasteiger partial charge in [0, 0.05) is 25.1 Å². The van der Waals surface area contributed by atoms with Crippen LogP contribution in [0.15, 0.2) is 22.6 Å². The topological polar surface area (TPSA) is 108 Å². The SMILES string of the molecule is O=C(COc1ccc(Cl)c(F)c1)N[C@H]1CC[C@H](c2nnc(OCCO[C@H]3CC3(F)F)o2)NC1. The summed E-state index contributed by atoms with van der Waals surface area (Å²) in [5.41, 5.74) is 0. The van der Waals surface area contributed by atoms with Crippen molar-refractivity contribution in [2.24, 2.45) is 0 Å². The molecule has 2 heterocycles. The Morgan fingerprint density at radius 1 is 1.27 bits per heavy atom. The molecule has 3 atom stereocenters. The summed E-state index contributed by atoms with van der Waals surface area (Å²) in [7, 11) is 0. The molecule has 2 aliphatic rings. The van der Waals surface area contributed by atoms with Crippen LogP contribution in [0.2, 0.25) is 5.02 Å². The lowest BCUT2D eigenvalue weighted by molar-refractivity contribution is -0.124. The van der Waals surface area contributed by atoms with Gasteiger partial charge in [0.25, 0.3) is 11.8 Å². The molecule has 2 aromatic rings. The van der Waals surface area contributed by atoms with Gasteiger partial charge in [0.2, 0.25) is 5.89 Å². The van der Waals surface area contributed by atoms with Crippen molar-refractivity contribution in [3.05, 3.63) is 34.9 Å². The van der Waals surface area contributed by atoms with Crippen molar-refractivity contribution in [2.45, 2.75) is 43.4 Å². The molecule has 1 aliphatic carbocycles. The minimum Gasteiger partial charge on any atom is -0.484 e. The third-order valence-corrected chi connectivity index (χ3v) is 5.46. The fourth-order valence-electron chi connectivity index (χ4n) is 3.28. The Morgan fingerprint density at radius 3 is 2.79 bits per heavy atom. The number of rotatable bonds is 10. The predicted molar refractivity (Wildman–Crippen MR) is 108 cm³/mol. The molecule has 0 spiro atoms. The molecule has 2 fully saturated rings. The molecule has 1 saturated carbocycles. The van der Waals surface area contributed by atoms with E-state index in [9.17, 15) is 18.0 Å². The molecule has 13 heteroatoms. The summed E-state index contributed by atoms with van der Waals surface area (Å²) in [4.78, 5) is 12.1. The Labute approximate surface area is 191 Å². The summed E-state index contributed by atoms with van der Waals surface area (Å²) in [6.07, 6.45) is -0.0890. The van der Waals surface area contributed by atoms with E-state index < -0.39 is 17.8 Å². The predicted octanol–water partition coefficient (Wildman–Crippen LogP) is 2.65. The molecule has 0 unspecified atom stereocenters. The number of carbonyl (C=O) groups excluding carboxylic acids is 1. The Hall–Kier alpha value is -2.57. The average Bonchev–Trinajstić information content (AvgIpc) is 3.17. The first kappa shape index (κ1) is 23.6. The normalized spacial score (nSPS) is 23.7. The summed E-state index contributed by atoms with van der Waals surface area (Å²) in [5, 5.41) is 13.7. The largest absolute Gasteiger partial charge is 0.484 e. The first-order valence-electron chi connectivity index (χ1n) is 10.4. The van der Waals surface area contributed by atoms with Gasteiger partial charge in [-0.25, -0.2) is 13.2 Å². The van der Waals surface area contributed by atoms with Crippen LogP contribution in [0, 0.1) is 5.82 Å². The number of alkyl halides is 2. The molecule has 9 nitrogen and oxygen atoms in total. The molecule has 4 rings (SSSR count). The van der Waals surface area contributed by atoms with Crippen LogP contribution in [0.4, 0.5) is 13.2 Å². The van der Waals surface area contributed by atoms with Crippen molar-refractivity contribution in [3.8, 4) is 11.8 Å². The summed E-state index contributed by atoms with van der Waals surface area (Å²) in [6, 6.07) is 3.61. The van der Waals surface area contributed by atoms with Gasteiger partial charge in [-0.1, -0.05) is 16.7 Å². The lowest BCUT2D eigenvalue weighted by Gasteiger charge is -2.28. The maximum Gasteiger partial charge on any atom is 0.414 e. The molecule has 1 aromatic carbocycles. The number of piperidine rings is 1. The second kappa shape index (κ2) is 10.1. The second-order valence-electron chi connectivity index (χ2n) is 7.75. The molecule has 1 aromatic heterocycles. The van der Waals surface area contributed by atoms with Crippen molar-refractivity contribution < 1.29 is 36.6 Å². The molecular weight excluding hydrogens is 469 g/mol. The zero-order valence-corrected chi connectivity index (χ0v) is 18.1. The van der Waals surface area contributed by atoms with Crippen LogP contribution < -0.4 is 20.1 Å². The van der Waals surface area contributed by atoms with Gasteiger partial charge in [-0.15, -0.1) is 5.10 Å². The first-order valence-corrected chi connectivity index (χ1v) is 10.7. The van der Waals surface area contributed by atoms with Crippen LogP contribution in [0.3, 0.4) is 0 Å². The first-order chi connectivity index (χ1) is 15.8. The number of aromatic nitrogens is 2. The zero-order valence-electron chi connectivity index (χ0n) is 17.4. The lowest BCUT2D eigenvalue weighted by Crippen LogP contribution is -2.48. The monoisotopic (exact) mass is 490 g/mol. The van der Waals surface area contributed by atoms with Crippen LogP contribution in [0.25, 0.3) is 0 Å².